The van der Waals surface area contributed by atoms with Crippen molar-refractivity contribution in [3.05, 3.63) is 58.7 Å². The van der Waals surface area contributed by atoms with E-state index in [4.69, 9.17) is 16.3 Å². The number of aromatic nitrogens is 1. The number of pyridine rings is 1. The van der Waals surface area contributed by atoms with Crippen molar-refractivity contribution in [3.63, 3.8) is 0 Å². The van der Waals surface area contributed by atoms with Crippen molar-refractivity contribution in [1.82, 2.24) is 9.88 Å². The van der Waals surface area contributed by atoms with Crippen LogP contribution in [-0.2, 0) is 5.41 Å². The number of halogens is 1. The Balaban J connectivity index is 1.58. The molecule has 0 aliphatic carbocycles. The van der Waals surface area contributed by atoms with Gasteiger partial charge in [-0.2, -0.15) is 0 Å². The van der Waals surface area contributed by atoms with Crippen LogP contribution >= 0.6 is 11.6 Å². The molecular weight excluding hydrogens is 324 g/mol. The fourth-order valence-corrected chi connectivity index (χ4v) is 2.76. The maximum absolute atomic E-state index is 12.5. The van der Waals surface area contributed by atoms with Gasteiger partial charge in [0.25, 0.3) is 5.91 Å². The summed E-state index contributed by atoms with van der Waals surface area (Å²) in [4.78, 5) is 18.4. The van der Waals surface area contributed by atoms with E-state index in [1.54, 1.807) is 23.2 Å². The van der Waals surface area contributed by atoms with Gasteiger partial charge in [0, 0.05) is 11.8 Å². The number of ether oxygens (including phenoxy) is 1. The summed E-state index contributed by atoms with van der Waals surface area (Å²) in [5.41, 5.74) is 2.00. The Morgan fingerprint density at radius 2 is 1.88 bits per heavy atom. The lowest BCUT2D eigenvalue weighted by Crippen LogP contribution is -2.56. The monoisotopic (exact) mass is 344 g/mol. The number of benzene rings is 1. The SMILES string of the molecule is CC(C)(C)c1ccc(C(=O)N2CC(Oc3ncccc3Cl)C2)cc1. The molecule has 2 aromatic rings. The van der Waals surface area contributed by atoms with E-state index >= 15 is 0 Å². The summed E-state index contributed by atoms with van der Waals surface area (Å²) in [5, 5.41) is 0.486. The Bertz CT molecular complexity index is 732. The van der Waals surface area contributed by atoms with E-state index in [0.717, 1.165) is 0 Å². The first-order valence-corrected chi connectivity index (χ1v) is 8.39. The summed E-state index contributed by atoms with van der Waals surface area (Å²) in [6.07, 6.45) is 1.58. The Morgan fingerprint density at radius 3 is 2.46 bits per heavy atom. The highest BCUT2D eigenvalue weighted by Gasteiger charge is 2.33. The molecule has 5 heteroatoms. The van der Waals surface area contributed by atoms with Gasteiger partial charge < -0.3 is 9.64 Å². The number of carbonyl (C=O) groups excluding carboxylic acids is 1. The fourth-order valence-electron chi connectivity index (χ4n) is 2.59. The van der Waals surface area contributed by atoms with Gasteiger partial charge in [0.15, 0.2) is 0 Å². The van der Waals surface area contributed by atoms with Crippen molar-refractivity contribution in [3.8, 4) is 5.88 Å². The van der Waals surface area contributed by atoms with E-state index in [2.05, 4.69) is 25.8 Å². The van der Waals surface area contributed by atoms with Crippen LogP contribution in [-0.4, -0.2) is 35.0 Å². The highest BCUT2D eigenvalue weighted by molar-refractivity contribution is 6.31. The Morgan fingerprint density at radius 1 is 1.21 bits per heavy atom. The summed E-state index contributed by atoms with van der Waals surface area (Å²) in [6, 6.07) is 11.3. The molecule has 1 saturated heterocycles. The maximum Gasteiger partial charge on any atom is 0.254 e. The minimum absolute atomic E-state index is 0.0300. The molecule has 2 heterocycles. The number of hydrogen-bond acceptors (Lipinski definition) is 3. The molecule has 126 valence electrons. The van der Waals surface area contributed by atoms with Crippen LogP contribution < -0.4 is 4.74 Å². The van der Waals surface area contributed by atoms with Gasteiger partial charge in [-0.05, 0) is 35.2 Å². The van der Waals surface area contributed by atoms with E-state index in [1.165, 1.54) is 5.56 Å². The van der Waals surface area contributed by atoms with Crippen LogP contribution in [0.2, 0.25) is 5.02 Å². The maximum atomic E-state index is 12.5. The summed E-state index contributed by atoms with van der Waals surface area (Å²) in [6.45, 7) is 7.57. The van der Waals surface area contributed by atoms with Gasteiger partial charge in [-0.15, -0.1) is 0 Å². The molecule has 1 amide bonds. The molecule has 0 saturated carbocycles. The molecule has 24 heavy (non-hydrogen) atoms. The second-order valence-electron chi connectivity index (χ2n) is 7.07. The number of likely N-dealkylation sites (tertiary alicyclic amines) is 1. The lowest BCUT2D eigenvalue weighted by Gasteiger charge is -2.38. The summed E-state index contributed by atoms with van der Waals surface area (Å²) >= 11 is 6.03. The molecule has 0 radical (unpaired) electrons. The fraction of sp³-hybridized carbons (Fsp3) is 0.368. The van der Waals surface area contributed by atoms with Gasteiger partial charge >= 0.3 is 0 Å². The molecule has 1 aliphatic rings. The molecule has 0 bridgehead atoms. The molecule has 0 N–H and O–H groups in total. The number of amides is 1. The predicted octanol–water partition coefficient (Wildman–Crippen LogP) is 3.94. The topological polar surface area (TPSA) is 42.4 Å². The number of hydrogen-bond donors (Lipinski definition) is 0. The Kier molecular flexibility index (Phi) is 4.50. The standard InChI is InChI=1S/C19H21ClN2O2/c1-19(2,3)14-8-6-13(7-9-14)18(23)22-11-15(12-22)24-17-16(20)5-4-10-21-17/h4-10,15H,11-12H2,1-3H3. The van der Waals surface area contributed by atoms with Crippen molar-refractivity contribution in [2.45, 2.75) is 32.3 Å². The molecule has 0 unspecified atom stereocenters. The molecule has 0 spiro atoms. The van der Waals surface area contributed by atoms with Gasteiger partial charge in [0.2, 0.25) is 5.88 Å². The lowest BCUT2D eigenvalue weighted by atomic mass is 9.86. The van der Waals surface area contributed by atoms with E-state index in [0.29, 0.717) is 29.6 Å². The van der Waals surface area contributed by atoms with E-state index in [9.17, 15) is 4.79 Å². The van der Waals surface area contributed by atoms with Crippen LogP contribution in [0.4, 0.5) is 0 Å². The van der Waals surface area contributed by atoms with Crippen molar-refractivity contribution >= 4 is 17.5 Å². The van der Waals surface area contributed by atoms with Crippen LogP contribution in [0.3, 0.4) is 0 Å². The van der Waals surface area contributed by atoms with E-state index < -0.39 is 0 Å². The Hall–Kier alpha value is -2.07. The third-order valence-electron chi connectivity index (χ3n) is 4.14. The zero-order valence-electron chi connectivity index (χ0n) is 14.1. The minimum atomic E-state index is -0.0600. The summed E-state index contributed by atoms with van der Waals surface area (Å²) in [5.74, 6) is 0.452. The Labute approximate surface area is 147 Å². The highest BCUT2D eigenvalue weighted by Crippen LogP contribution is 2.26. The average molecular weight is 345 g/mol. The zero-order chi connectivity index (χ0) is 17.3. The first-order chi connectivity index (χ1) is 11.3. The molecule has 4 nitrogen and oxygen atoms in total. The number of rotatable bonds is 3. The molecule has 1 aliphatic heterocycles. The first kappa shape index (κ1) is 16.8. The van der Waals surface area contributed by atoms with Crippen molar-refractivity contribution in [1.29, 1.82) is 0 Å². The molecule has 1 fully saturated rings. The second kappa shape index (κ2) is 6.44. The van der Waals surface area contributed by atoms with Crippen LogP contribution in [0.5, 0.6) is 5.88 Å². The van der Waals surface area contributed by atoms with E-state index in [-0.39, 0.29) is 17.4 Å². The third kappa shape index (κ3) is 3.54. The van der Waals surface area contributed by atoms with Crippen molar-refractivity contribution in [2.75, 3.05) is 13.1 Å². The normalized spacial score (nSPS) is 15.1. The third-order valence-corrected chi connectivity index (χ3v) is 4.42. The van der Waals surface area contributed by atoms with Crippen LogP contribution in [0, 0.1) is 0 Å². The minimum Gasteiger partial charge on any atom is -0.470 e. The van der Waals surface area contributed by atoms with Crippen molar-refractivity contribution in [2.24, 2.45) is 0 Å². The molecule has 1 aromatic heterocycles. The highest BCUT2D eigenvalue weighted by atomic mass is 35.5. The number of nitrogens with zero attached hydrogens (tertiary/aromatic N) is 2. The van der Waals surface area contributed by atoms with Crippen molar-refractivity contribution < 1.29 is 9.53 Å². The van der Waals surface area contributed by atoms with Gasteiger partial charge in [-0.25, -0.2) is 4.98 Å². The average Bonchev–Trinajstić information content (AvgIpc) is 2.51. The molecular formula is C19H21ClN2O2. The van der Waals surface area contributed by atoms with Gasteiger partial charge in [0.1, 0.15) is 11.1 Å². The van der Waals surface area contributed by atoms with Crippen LogP contribution in [0.15, 0.2) is 42.6 Å². The number of carbonyl (C=O) groups is 1. The first-order valence-electron chi connectivity index (χ1n) is 8.01. The molecule has 1 aromatic carbocycles. The van der Waals surface area contributed by atoms with Crippen LogP contribution in [0.1, 0.15) is 36.7 Å². The quantitative estimate of drug-likeness (QED) is 0.847. The summed E-state index contributed by atoms with van der Waals surface area (Å²) < 4.78 is 5.72. The molecule has 0 atom stereocenters. The van der Waals surface area contributed by atoms with Gasteiger partial charge in [-0.3, -0.25) is 4.79 Å². The van der Waals surface area contributed by atoms with E-state index in [1.807, 2.05) is 24.3 Å². The van der Waals surface area contributed by atoms with Gasteiger partial charge in [-0.1, -0.05) is 44.5 Å². The lowest BCUT2D eigenvalue weighted by molar-refractivity contribution is 0.0160. The zero-order valence-corrected chi connectivity index (χ0v) is 14.9. The predicted molar refractivity (Wildman–Crippen MR) is 94.7 cm³/mol. The summed E-state index contributed by atoms with van der Waals surface area (Å²) in [7, 11) is 0. The molecule has 3 rings (SSSR count). The second-order valence-corrected chi connectivity index (χ2v) is 7.47. The largest absolute Gasteiger partial charge is 0.470 e. The smallest absolute Gasteiger partial charge is 0.254 e. The van der Waals surface area contributed by atoms with Crippen LogP contribution in [0.25, 0.3) is 0 Å². The van der Waals surface area contributed by atoms with Gasteiger partial charge in [0.05, 0.1) is 13.1 Å².